The molecule has 2 rings (SSSR count). The van der Waals surface area contributed by atoms with Gasteiger partial charge in [0.1, 0.15) is 0 Å². The molecule has 0 aliphatic heterocycles. The fourth-order valence-electron chi connectivity index (χ4n) is 2.27. The lowest BCUT2D eigenvalue weighted by molar-refractivity contribution is -0.130. The zero-order chi connectivity index (χ0) is 15.2. The Morgan fingerprint density at radius 2 is 1.64 bits per heavy atom. The second-order valence-electron chi connectivity index (χ2n) is 5.46. The number of nitrogens with zero attached hydrogens (tertiary/aromatic N) is 1. The summed E-state index contributed by atoms with van der Waals surface area (Å²) in [6.07, 6.45) is 1.28. The molecule has 0 spiro atoms. The van der Waals surface area contributed by atoms with Gasteiger partial charge < -0.3 is 10.6 Å². The number of nitrogen functional groups attached to an aromatic ring is 1. The van der Waals surface area contributed by atoms with Crippen LogP contribution in [0.4, 0.5) is 5.69 Å². The van der Waals surface area contributed by atoms with E-state index < -0.39 is 0 Å². The van der Waals surface area contributed by atoms with Crippen LogP contribution < -0.4 is 5.73 Å². The maximum absolute atomic E-state index is 12.3. The molecule has 1 atom stereocenters. The van der Waals surface area contributed by atoms with Gasteiger partial charge in [-0.3, -0.25) is 4.79 Å². The number of carbonyl (C=O) groups excluding carboxylic acids is 1. The summed E-state index contributed by atoms with van der Waals surface area (Å²) >= 11 is 0. The number of anilines is 1. The minimum absolute atomic E-state index is 0. The Bertz CT molecular complexity index is 584. The van der Waals surface area contributed by atoms with Gasteiger partial charge in [0.15, 0.2) is 0 Å². The molecule has 0 saturated carbocycles. The van der Waals surface area contributed by atoms with E-state index in [0.29, 0.717) is 6.42 Å². The van der Waals surface area contributed by atoms with Crippen LogP contribution in [0.2, 0.25) is 0 Å². The number of likely N-dealkylation sites (N-methyl/N-ethyl adjacent to an activating group) is 1. The number of hydrogen-bond acceptors (Lipinski definition) is 2. The first-order chi connectivity index (χ1) is 10.1. The molecule has 1 amide bonds. The van der Waals surface area contributed by atoms with E-state index >= 15 is 0 Å². The number of carbonyl (C=O) groups is 1. The Morgan fingerprint density at radius 3 is 2.23 bits per heavy atom. The monoisotopic (exact) mass is 318 g/mol. The average Bonchev–Trinajstić information content (AvgIpc) is 2.49. The SMILES string of the molecule is CC(Cc1ccccc1)N(C)C(=O)Cc1ccc(N)cc1.Cl. The van der Waals surface area contributed by atoms with Gasteiger partial charge in [-0.1, -0.05) is 42.5 Å². The summed E-state index contributed by atoms with van der Waals surface area (Å²) in [7, 11) is 1.87. The number of hydrogen-bond donors (Lipinski definition) is 1. The highest BCUT2D eigenvalue weighted by molar-refractivity contribution is 5.85. The predicted molar refractivity (Wildman–Crippen MR) is 94.2 cm³/mol. The quantitative estimate of drug-likeness (QED) is 0.860. The van der Waals surface area contributed by atoms with E-state index in [9.17, 15) is 4.79 Å². The molecule has 0 saturated heterocycles. The molecule has 0 heterocycles. The van der Waals surface area contributed by atoms with Gasteiger partial charge in [0.05, 0.1) is 6.42 Å². The third-order valence-corrected chi connectivity index (χ3v) is 3.76. The molecule has 2 N–H and O–H groups in total. The molecule has 0 radical (unpaired) electrons. The third-order valence-electron chi connectivity index (χ3n) is 3.76. The lowest BCUT2D eigenvalue weighted by Crippen LogP contribution is -2.37. The Balaban J connectivity index is 0.00000242. The second kappa shape index (κ2) is 8.44. The van der Waals surface area contributed by atoms with E-state index in [0.717, 1.165) is 17.7 Å². The largest absolute Gasteiger partial charge is 0.399 e. The van der Waals surface area contributed by atoms with Crippen molar-refractivity contribution < 1.29 is 4.79 Å². The summed E-state index contributed by atoms with van der Waals surface area (Å²) in [6, 6.07) is 17.9. The molecular formula is C18H23ClN2O. The van der Waals surface area contributed by atoms with Crippen LogP contribution in [0, 0.1) is 0 Å². The lowest BCUT2D eigenvalue weighted by Gasteiger charge is -2.25. The normalized spacial score (nSPS) is 11.4. The smallest absolute Gasteiger partial charge is 0.226 e. The minimum Gasteiger partial charge on any atom is -0.399 e. The van der Waals surface area contributed by atoms with E-state index in [2.05, 4.69) is 19.1 Å². The molecule has 1 unspecified atom stereocenters. The van der Waals surface area contributed by atoms with Gasteiger partial charge in [-0.2, -0.15) is 0 Å². The molecule has 22 heavy (non-hydrogen) atoms. The van der Waals surface area contributed by atoms with Crippen LogP contribution in [-0.4, -0.2) is 23.9 Å². The maximum Gasteiger partial charge on any atom is 0.226 e. The predicted octanol–water partition coefficient (Wildman–Crippen LogP) is 3.32. The summed E-state index contributed by atoms with van der Waals surface area (Å²) in [5.74, 6) is 0.128. The van der Waals surface area contributed by atoms with Crippen LogP contribution >= 0.6 is 12.4 Å². The van der Waals surface area contributed by atoms with E-state index in [-0.39, 0.29) is 24.4 Å². The minimum atomic E-state index is 0. The van der Waals surface area contributed by atoms with Gasteiger partial charge in [0.2, 0.25) is 5.91 Å². The Labute approximate surface area is 138 Å². The highest BCUT2D eigenvalue weighted by Gasteiger charge is 2.16. The summed E-state index contributed by atoms with van der Waals surface area (Å²) < 4.78 is 0. The van der Waals surface area contributed by atoms with Crippen LogP contribution in [0.25, 0.3) is 0 Å². The van der Waals surface area contributed by atoms with Gasteiger partial charge in [-0.15, -0.1) is 12.4 Å². The zero-order valence-corrected chi connectivity index (χ0v) is 13.8. The zero-order valence-electron chi connectivity index (χ0n) is 13.0. The number of halogens is 1. The van der Waals surface area contributed by atoms with Gasteiger partial charge in [0, 0.05) is 18.8 Å². The molecule has 3 nitrogen and oxygen atoms in total. The number of rotatable bonds is 5. The Hall–Kier alpha value is -2.00. The summed E-state index contributed by atoms with van der Waals surface area (Å²) in [5, 5.41) is 0. The molecule has 0 aromatic heterocycles. The van der Waals surface area contributed by atoms with E-state index in [1.807, 2.05) is 54.4 Å². The van der Waals surface area contributed by atoms with Crippen molar-refractivity contribution in [2.75, 3.05) is 12.8 Å². The molecule has 0 fully saturated rings. The van der Waals surface area contributed by atoms with Gasteiger partial charge in [-0.25, -0.2) is 0 Å². The van der Waals surface area contributed by atoms with Crippen LogP contribution in [0.1, 0.15) is 18.1 Å². The highest BCUT2D eigenvalue weighted by Crippen LogP contribution is 2.11. The van der Waals surface area contributed by atoms with Crippen molar-refractivity contribution in [3.05, 3.63) is 65.7 Å². The first-order valence-corrected chi connectivity index (χ1v) is 7.20. The first kappa shape index (κ1) is 18.1. The van der Waals surface area contributed by atoms with Crippen LogP contribution in [0.3, 0.4) is 0 Å². The molecular weight excluding hydrogens is 296 g/mol. The molecule has 4 heteroatoms. The molecule has 0 aliphatic carbocycles. The van der Waals surface area contributed by atoms with Crippen LogP contribution in [0.5, 0.6) is 0 Å². The summed E-state index contributed by atoms with van der Waals surface area (Å²) in [5.41, 5.74) is 8.62. The summed E-state index contributed by atoms with van der Waals surface area (Å²) in [6.45, 7) is 2.08. The van der Waals surface area contributed by atoms with Crippen molar-refractivity contribution in [3.63, 3.8) is 0 Å². The van der Waals surface area contributed by atoms with Gasteiger partial charge in [0.25, 0.3) is 0 Å². The van der Waals surface area contributed by atoms with Crippen molar-refractivity contribution >= 4 is 24.0 Å². The van der Waals surface area contributed by atoms with E-state index in [1.54, 1.807) is 0 Å². The van der Waals surface area contributed by atoms with Gasteiger partial charge >= 0.3 is 0 Å². The average molecular weight is 319 g/mol. The highest BCUT2D eigenvalue weighted by atomic mass is 35.5. The van der Waals surface area contributed by atoms with Gasteiger partial charge in [-0.05, 0) is 36.6 Å². The maximum atomic E-state index is 12.3. The topological polar surface area (TPSA) is 46.3 Å². The Morgan fingerprint density at radius 1 is 1.05 bits per heavy atom. The second-order valence-corrected chi connectivity index (χ2v) is 5.46. The number of nitrogens with two attached hydrogens (primary N) is 1. The lowest BCUT2D eigenvalue weighted by atomic mass is 10.1. The summed E-state index contributed by atoms with van der Waals surface area (Å²) in [4.78, 5) is 14.1. The van der Waals surface area contributed by atoms with E-state index in [4.69, 9.17) is 5.73 Å². The molecule has 2 aromatic carbocycles. The fraction of sp³-hybridized carbons (Fsp3) is 0.278. The third kappa shape index (κ3) is 5.08. The molecule has 0 bridgehead atoms. The first-order valence-electron chi connectivity index (χ1n) is 7.20. The van der Waals surface area contributed by atoms with Crippen molar-refractivity contribution in [2.45, 2.75) is 25.8 Å². The Kier molecular flexibility index (Phi) is 6.93. The fourth-order valence-corrected chi connectivity index (χ4v) is 2.27. The van der Waals surface area contributed by atoms with Crippen LogP contribution in [0.15, 0.2) is 54.6 Å². The number of benzene rings is 2. The number of amides is 1. The molecule has 118 valence electrons. The van der Waals surface area contributed by atoms with Crippen molar-refractivity contribution in [1.29, 1.82) is 0 Å². The molecule has 0 aliphatic rings. The van der Waals surface area contributed by atoms with Crippen molar-refractivity contribution in [1.82, 2.24) is 4.90 Å². The van der Waals surface area contributed by atoms with Crippen molar-refractivity contribution in [2.24, 2.45) is 0 Å². The van der Waals surface area contributed by atoms with Crippen LogP contribution in [-0.2, 0) is 17.6 Å². The standard InChI is InChI=1S/C18H22N2O.ClH/c1-14(12-15-6-4-3-5-7-15)20(2)18(21)13-16-8-10-17(19)11-9-16;/h3-11,14H,12-13,19H2,1-2H3;1H. The van der Waals surface area contributed by atoms with E-state index in [1.165, 1.54) is 5.56 Å². The molecule has 2 aromatic rings. The van der Waals surface area contributed by atoms with Crippen molar-refractivity contribution in [3.8, 4) is 0 Å².